The first kappa shape index (κ1) is 22.2. The second-order valence-electron chi connectivity index (χ2n) is 7.18. The first-order valence-corrected chi connectivity index (χ1v) is 10.2. The Labute approximate surface area is 192 Å². The molecule has 0 bridgehead atoms. The summed E-state index contributed by atoms with van der Waals surface area (Å²) in [5.41, 5.74) is 0.386. The molecule has 0 radical (unpaired) electrons. The van der Waals surface area contributed by atoms with Crippen LogP contribution in [0.25, 0.3) is 10.8 Å². The zero-order chi connectivity index (χ0) is 23.5. The summed E-state index contributed by atoms with van der Waals surface area (Å²) in [4.78, 5) is 24.1. The number of anilines is 1. The van der Waals surface area contributed by atoms with Gasteiger partial charge in [0.2, 0.25) is 0 Å². The number of carbonyl (C=O) groups excluding carboxylic acids is 2. The molecule has 2 N–H and O–H groups in total. The third-order valence-corrected chi connectivity index (χ3v) is 5.38. The average molecular weight is 467 g/mol. The van der Waals surface area contributed by atoms with Crippen molar-refractivity contribution in [2.24, 2.45) is 0 Å². The van der Waals surface area contributed by atoms with Crippen LogP contribution < -0.4 is 15.4 Å². The van der Waals surface area contributed by atoms with Gasteiger partial charge < -0.3 is 10.1 Å². The number of halogens is 3. The molecule has 0 unspecified atom stereocenters. The lowest BCUT2D eigenvalue weighted by Gasteiger charge is -2.13. The molecule has 0 heterocycles. The minimum absolute atomic E-state index is 0.346. The molecule has 0 aliphatic rings. The molecule has 5 nitrogen and oxygen atoms in total. The summed E-state index contributed by atoms with van der Waals surface area (Å²) in [6, 6.07) is 17.9. The molecule has 0 atom stereocenters. The third-order valence-electron chi connectivity index (χ3n) is 4.88. The van der Waals surface area contributed by atoms with Crippen LogP contribution in [0.5, 0.6) is 11.5 Å². The van der Waals surface area contributed by atoms with E-state index in [1.807, 2.05) is 42.6 Å². The number of nitrogens with one attached hydrogen (secondary N) is 2. The van der Waals surface area contributed by atoms with Gasteiger partial charge in [0.1, 0.15) is 28.7 Å². The van der Waals surface area contributed by atoms with E-state index in [9.17, 15) is 18.4 Å². The number of hydrogen-bond donors (Lipinski definition) is 2. The highest BCUT2D eigenvalue weighted by Crippen LogP contribution is 2.36. The maximum absolute atomic E-state index is 13.7. The quantitative estimate of drug-likeness (QED) is 0.346. The number of hydrogen-bond acceptors (Lipinski definition) is 3. The number of rotatable bonds is 4. The standard InChI is InChI=1S/C25H17ClF2N2O3/c1-14-13-21(17-5-2-3-6-18(17)23(14)26)33-16-11-9-15(10-12-16)29-25(32)30-24(31)22-19(27)7-4-8-20(22)28/h2-13H,1H3,(H2,29,30,31,32). The van der Waals surface area contributed by atoms with Gasteiger partial charge in [0.05, 0.1) is 5.02 Å². The Kier molecular flexibility index (Phi) is 6.24. The maximum Gasteiger partial charge on any atom is 0.326 e. The van der Waals surface area contributed by atoms with Gasteiger partial charge in [-0.2, -0.15) is 0 Å². The molecule has 0 aliphatic carbocycles. The van der Waals surface area contributed by atoms with Crippen LogP contribution in [0.2, 0.25) is 5.02 Å². The van der Waals surface area contributed by atoms with Gasteiger partial charge >= 0.3 is 6.03 Å². The lowest BCUT2D eigenvalue weighted by atomic mass is 10.1. The normalized spacial score (nSPS) is 10.7. The van der Waals surface area contributed by atoms with Crippen molar-refractivity contribution in [3.8, 4) is 11.5 Å². The third kappa shape index (κ3) is 4.78. The molecule has 0 saturated carbocycles. The Morgan fingerprint density at radius 2 is 1.52 bits per heavy atom. The lowest BCUT2D eigenvalue weighted by Crippen LogP contribution is -2.35. The molecule has 166 valence electrons. The molecule has 0 fully saturated rings. The van der Waals surface area contributed by atoms with Crippen LogP contribution in [-0.4, -0.2) is 11.9 Å². The predicted molar refractivity (Wildman–Crippen MR) is 123 cm³/mol. The highest BCUT2D eigenvalue weighted by atomic mass is 35.5. The molecule has 0 aliphatic heterocycles. The van der Waals surface area contributed by atoms with Crippen molar-refractivity contribution in [1.82, 2.24) is 5.32 Å². The van der Waals surface area contributed by atoms with Crippen LogP contribution in [0.15, 0.2) is 72.8 Å². The van der Waals surface area contributed by atoms with E-state index < -0.39 is 29.1 Å². The molecule has 0 aromatic heterocycles. The maximum atomic E-state index is 13.7. The Hall–Kier alpha value is -3.97. The lowest BCUT2D eigenvalue weighted by molar-refractivity contribution is 0.0959. The van der Waals surface area contributed by atoms with Crippen LogP contribution in [0.1, 0.15) is 15.9 Å². The largest absolute Gasteiger partial charge is 0.457 e. The summed E-state index contributed by atoms with van der Waals surface area (Å²) in [5.74, 6) is -2.17. The number of amides is 3. The minimum Gasteiger partial charge on any atom is -0.457 e. The van der Waals surface area contributed by atoms with Gasteiger partial charge in [0.15, 0.2) is 0 Å². The Bertz CT molecular complexity index is 1350. The van der Waals surface area contributed by atoms with E-state index in [1.165, 1.54) is 0 Å². The molecule has 4 aromatic carbocycles. The van der Waals surface area contributed by atoms with Gasteiger partial charge in [0.25, 0.3) is 5.91 Å². The van der Waals surface area contributed by atoms with E-state index in [-0.39, 0.29) is 0 Å². The van der Waals surface area contributed by atoms with Gasteiger partial charge in [0, 0.05) is 16.5 Å². The summed E-state index contributed by atoms with van der Waals surface area (Å²) in [5, 5.41) is 6.72. The van der Waals surface area contributed by atoms with Gasteiger partial charge in [-0.05, 0) is 55.0 Å². The summed E-state index contributed by atoms with van der Waals surface area (Å²) in [7, 11) is 0. The van der Waals surface area contributed by atoms with Crippen molar-refractivity contribution < 1.29 is 23.1 Å². The zero-order valence-electron chi connectivity index (χ0n) is 17.3. The number of aryl methyl sites for hydroxylation is 1. The number of ether oxygens (including phenoxy) is 1. The van der Waals surface area contributed by atoms with E-state index in [2.05, 4.69) is 5.32 Å². The van der Waals surface area contributed by atoms with Crippen molar-refractivity contribution in [1.29, 1.82) is 0 Å². The van der Waals surface area contributed by atoms with Crippen LogP contribution in [-0.2, 0) is 0 Å². The summed E-state index contributed by atoms with van der Waals surface area (Å²) < 4.78 is 33.4. The minimum atomic E-state index is -1.19. The Morgan fingerprint density at radius 3 is 2.18 bits per heavy atom. The number of benzene rings is 4. The molecular weight excluding hydrogens is 450 g/mol. The molecule has 8 heteroatoms. The van der Waals surface area contributed by atoms with E-state index in [0.717, 1.165) is 34.5 Å². The van der Waals surface area contributed by atoms with Crippen molar-refractivity contribution in [2.75, 3.05) is 5.32 Å². The number of carbonyl (C=O) groups is 2. The van der Waals surface area contributed by atoms with Gasteiger partial charge in [-0.15, -0.1) is 0 Å². The fraction of sp³-hybridized carbons (Fsp3) is 0.0400. The van der Waals surface area contributed by atoms with E-state index in [1.54, 1.807) is 24.3 Å². The van der Waals surface area contributed by atoms with E-state index in [0.29, 0.717) is 22.2 Å². The Morgan fingerprint density at radius 1 is 0.879 bits per heavy atom. The van der Waals surface area contributed by atoms with Gasteiger partial charge in [-0.3, -0.25) is 10.1 Å². The summed E-state index contributed by atoms with van der Waals surface area (Å²) >= 11 is 6.40. The van der Waals surface area contributed by atoms with Crippen molar-refractivity contribution in [2.45, 2.75) is 6.92 Å². The van der Waals surface area contributed by atoms with Gasteiger partial charge in [-0.1, -0.05) is 41.9 Å². The highest BCUT2D eigenvalue weighted by Gasteiger charge is 2.19. The molecule has 0 saturated heterocycles. The summed E-state index contributed by atoms with van der Waals surface area (Å²) in [6.45, 7) is 1.89. The number of urea groups is 1. The monoisotopic (exact) mass is 466 g/mol. The fourth-order valence-electron chi connectivity index (χ4n) is 3.30. The molecule has 4 aromatic rings. The molecular formula is C25H17ClF2N2O3. The number of fused-ring (bicyclic) bond motifs is 1. The zero-order valence-corrected chi connectivity index (χ0v) is 18.0. The average Bonchev–Trinajstić information content (AvgIpc) is 2.78. The second kappa shape index (κ2) is 9.26. The van der Waals surface area contributed by atoms with Crippen LogP contribution in [0.4, 0.5) is 19.3 Å². The molecule has 0 spiro atoms. The van der Waals surface area contributed by atoms with E-state index >= 15 is 0 Å². The van der Waals surface area contributed by atoms with Gasteiger partial charge in [-0.25, -0.2) is 13.6 Å². The Balaban J connectivity index is 1.45. The molecule has 4 rings (SSSR count). The summed E-state index contributed by atoms with van der Waals surface area (Å²) in [6.07, 6.45) is 0. The fourth-order valence-corrected chi connectivity index (χ4v) is 3.52. The van der Waals surface area contributed by atoms with Crippen molar-refractivity contribution in [3.63, 3.8) is 0 Å². The molecule has 33 heavy (non-hydrogen) atoms. The second-order valence-corrected chi connectivity index (χ2v) is 7.56. The van der Waals surface area contributed by atoms with Crippen molar-refractivity contribution >= 4 is 40.0 Å². The molecule has 3 amide bonds. The van der Waals surface area contributed by atoms with Crippen LogP contribution in [0.3, 0.4) is 0 Å². The predicted octanol–water partition coefficient (Wildman–Crippen LogP) is 6.83. The van der Waals surface area contributed by atoms with Crippen LogP contribution in [0, 0.1) is 18.6 Å². The highest BCUT2D eigenvalue weighted by molar-refractivity contribution is 6.36. The van der Waals surface area contributed by atoms with E-state index in [4.69, 9.17) is 16.3 Å². The first-order chi connectivity index (χ1) is 15.8. The SMILES string of the molecule is Cc1cc(Oc2ccc(NC(=O)NC(=O)c3c(F)cccc3F)cc2)c2ccccc2c1Cl. The smallest absolute Gasteiger partial charge is 0.326 e. The van der Waals surface area contributed by atoms with Crippen LogP contribution >= 0.6 is 11.6 Å². The first-order valence-electron chi connectivity index (χ1n) is 9.85. The topological polar surface area (TPSA) is 67.4 Å². The van der Waals surface area contributed by atoms with Crippen molar-refractivity contribution in [3.05, 3.63) is 101 Å². The number of imide groups is 1.